The van der Waals surface area contributed by atoms with E-state index in [0.29, 0.717) is 11.3 Å². The van der Waals surface area contributed by atoms with Crippen LogP contribution in [0.25, 0.3) is 11.0 Å². The van der Waals surface area contributed by atoms with Gasteiger partial charge >= 0.3 is 6.03 Å². The van der Waals surface area contributed by atoms with E-state index in [1.54, 1.807) is 18.2 Å². The standard InChI is InChI=1S/C18H17N3O3/c1-11-3-5-13(6-4-11)19-18(23)21-20-17-9-12(2)15-8-7-14(22)10-16(15)24-17/h3-10,22H,1-2H3,(H2,19,21,23)/b20-17+. The fourth-order valence-corrected chi connectivity index (χ4v) is 2.28. The van der Waals surface area contributed by atoms with E-state index in [0.717, 1.165) is 16.5 Å². The Kier molecular flexibility index (Phi) is 4.20. The molecule has 6 nitrogen and oxygen atoms in total. The van der Waals surface area contributed by atoms with Crippen LogP contribution in [0.3, 0.4) is 0 Å². The summed E-state index contributed by atoms with van der Waals surface area (Å²) in [7, 11) is 0. The molecule has 2 amide bonds. The van der Waals surface area contributed by atoms with Crippen molar-refractivity contribution in [2.45, 2.75) is 13.8 Å². The summed E-state index contributed by atoms with van der Waals surface area (Å²) in [6.45, 7) is 3.88. The zero-order valence-corrected chi connectivity index (χ0v) is 13.3. The Bertz CT molecular complexity index is 959. The van der Waals surface area contributed by atoms with Crippen LogP contribution in [0.5, 0.6) is 5.75 Å². The first-order valence-electron chi connectivity index (χ1n) is 7.42. The summed E-state index contributed by atoms with van der Waals surface area (Å²) in [5.74, 6) is 0.105. The van der Waals surface area contributed by atoms with E-state index in [4.69, 9.17) is 4.42 Å². The molecule has 1 aromatic heterocycles. The predicted molar refractivity (Wildman–Crippen MR) is 91.5 cm³/mol. The Hall–Kier alpha value is -3.28. The highest BCUT2D eigenvalue weighted by Gasteiger charge is 2.03. The molecule has 0 saturated heterocycles. The van der Waals surface area contributed by atoms with Crippen LogP contribution < -0.4 is 16.3 Å². The van der Waals surface area contributed by atoms with E-state index in [2.05, 4.69) is 15.8 Å². The van der Waals surface area contributed by atoms with Gasteiger partial charge in [-0.1, -0.05) is 17.7 Å². The van der Waals surface area contributed by atoms with Crippen molar-refractivity contribution >= 4 is 22.7 Å². The minimum absolute atomic E-state index is 0.105. The van der Waals surface area contributed by atoms with Gasteiger partial charge in [-0.05, 0) is 43.7 Å². The largest absolute Gasteiger partial charge is 0.508 e. The number of anilines is 1. The van der Waals surface area contributed by atoms with Crippen LogP contribution in [0.4, 0.5) is 10.5 Å². The van der Waals surface area contributed by atoms with Gasteiger partial charge in [0.05, 0.1) is 0 Å². The van der Waals surface area contributed by atoms with Gasteiger partial charge in [-0.2, -0.15) is 0 Å². The van der Waals surface area contributed by atoms with Crippen molar-refractivity contribution in [2.75, 3.05) is 5.32 Å². The Morgan fingerprint density at radius 2 is 1.83 bits per heavy atom. The Balaban J connectivity index is 1.79. The van der Waals surface area contributed by atoms with E-state index < -0.39 is 6.03 Å². The van der Waals surface area contributed by atoms with E-state index in [9.17, 15) is 9.90 Å². The third-order valence-electron chi connectivity index (χ3n) is 3.52. The van der Waals surface area contributed by atoms with Crippen molar-refractivity contribution in [1.82, 2.24) is 5.43 Å². The average molecular weight is 323 g/mol. The summed E-state index contributed by atoms with van der Waals surface area (Å²) in [5.41, 5.74) is 5.83. The molecule has 3 rings (SSSR count). The molecule has 0 radical (unpaired) electrons. The molecule has 3 N–H and O–H groups in total. The molecule has 0 aliphatic rings. The number of hydrogen-bond donors (Lipinski definition) is 3. The molecule has 0 fully saturated rings. The number of aryl methyl sites for hydroxylation is 2. The Labute approximate surface area is 138 Å². The molecule has 0 aliphatic heterocycles. The minimum atomic E-state index is -0.470. The van der Waals surface area contributed by atoms with Crippen molar-refractivity contribution in [3.8, 4) is 5.75 Å². The first-order chi connectivity index (χ1) is 11.5. The molecule has 0 saturated carbocycles. The van der Waals surface area contributed by atoms with E-state index in [-0.39, 0.29) is 11.3 Å². The quantitative estimate of drug-likeness (QED) is 0.632. The van der Waals surface area contributed by atoms with E-state index in [1.165, 1.54) is 6.07 Å². The van der Waals surface area contributed by atoms with Gasteiger partial charge in [-0.15, -0.1) is 5.10 Å². The molecule has 6 heteroatoms. The van der Waals surface area contributed by atoms with Gasteiger partial charge in [-0.25, -0.2) is 10.2 Å². The van der Waals surface area contributed by atoms with Crippen LogP contribution in [0.15, 0.2) is 58.0 Å². The van der Waals surface area contributed by atoms with Crippen molar-refractivity contribution in [2.24, 2.45) is 5.10 Å². The van der Waals surface area contributed by atoms with Gasteiger partial charge in [0.25, 0.3) is 0 Å². The average Bonchev–Trinajstić information content (AvgIpc) is 2.55. The fourth-order valence-electron chi connectivity index (χ4n) is 2.28. The van der Waals surface area contributed by atoms with Crippen LogP contribution in [-0.4, -0.2) is 11.1 Å². The normalized spacial score (nSPS) is 11.5. The molecule has 24 heavy (non-hydrogen) atoms. The first-order valence-corrected chi connectivity index (χ1v) is 7.42. The zero-order valence-electron chi connectivity index (χ0n) is 13.3. The molecular formula is C18H17N3O3. The number of hydrogen-bond acceptors (Lipinski definition) is 4. The van der Waals surface area contributed by atoms with Crippen LogP contribution in [0.1, 0.15) is 11.1 Å². The molecule has 1 heterocycles. The molecule has 0 aliphatic carbocycles. The molecule has 122 valence electrons. The number of fused-ring (bicyclic) bond motifs is 1. The zero-order chi connectivity index (χ0) is 17.1. The smallest absolute Gasteiger partial charge is 0.339 e. The number of urea groups is 1. The highest BCUT2D eigenvalue weighted by atomic mass is 16.3. The van der Waals surface area contributed by atoms with Gasteiger partial charge in [0, 0.05) is 23.2 Å². The molecule has 2 aromatic carbocycles. The molecule has 0 unspecified atom stereocenters. The number of amides is 2. The predicted octanol–water partition coefficient (Wildman–Crippen LogP) is 3.39. The number of nitrogens with one attached hydrogen (secondary N) is 2. The van der Waals surface area contributed by atoms with Gasteiger partial charge < -0.3 is 14.8 Å². The van der Waals surface area contributed by atoms with Gasteiger partial charge in [0.15, 0.2) is 0 Å². The lowest BCUT2D eigenvalue weighted by Gasteiger charge is -2.05. The first kappa shape index (κ1) is 15.6. The topological polar surface area (TPSA) is 86.9 Å². The molecule has 0 atom stereocenters. The maximum Gasteiger partial charge on any atom is 0.339 e. The summed E-state index contributed by atoms with van der Waals surface area (Å²) in [6, 6.07) is 13.5. The second-order valence-corrected chi connectivity index (χ2v) is 5.49. The Morgan fingerprint density at radius 3 is 2.58 bits per heavy atom. The lowest BCUT2D eigenvalue weighted by molar-refractivity contribution is 0.251. The summed E-state index contributed by atoms with van der Waals surface area (Å²) < 4.78 is 5.57. The minimum Gasteiger partial charge on any atom is -0.508 e. The van der Waals surface area contributed by atoms with E-state index in [1.807, 2.05) is 38.1 Å². The SMILES string of the molecule is Cc1ccc(NC(=O)N/N=c2\cc(C)c3ccc(O)cc3o2)cc1. The number of carbonyl (C=O) groups is 1. The number of phenolic OH excluding ortho intramolecular Hbond substituents is 1. The van der Waals surface area contributed by atoms with E-state index >= 15 is 0 Å². The van der Waals surface area contributed by atoms with Crippen molar-refractivity contribution < 1.29 is 14.3 Å². The fraction of sp³-hybridized carbons (Fsp3) is 0.111. The second-order valence-electron chi connectivity index (χ2n) is 5.49. The number of aromatic hydroxyl groups is 1. The van der Waals surface area contributed by atoms with Gasteiger partial charge in [-0.3, -0.25) is 0 Å². The van der Waals surface area contributed by atoms with Crippen LogP contribution >= 0.6 is 0 Å². The lowest BCUT2D eigenvalue weighted by Crippen LogP contribution is -2.26. The summed E-state index contributed by atoms with van der Waals surface area (Å²) in [6.07, 6.45) is 0. The monoisotopic (exact) mass is 323 g/mol. The van der Waals surface area contributed by atoms with Gasteiger partial charge in [0.1, 0.15) is 11.3 Å². The summed E-state index contributed by atoms with van der Waals surface area (Å²) in [5, 5.41) is 17.0. The maximum absolute atomic E-state index is 11.9. The molecule has 3 aromatic rings. The van der Waals surface area contributed by atoms with Crippen LogP contribution in [0.2, 0.25) is 0 Å². The Morgan fingerprint density at radius 1 is 1.08 bits per heavy atom. The van der Waals surface area contributed by atoms with Crippen LogP contribution in [0, 0.1) is 13.8 Å². The van der Waals surface area contributed by atoms with Crippen molar-refractivity contribution in [3.05, 3.63) is 65.2 Å². The van der Waals surface area contributed by atoms with Crippen molar-refractivity contribution in [3.63, 3.8) is 0 Å². The number of nitrogens with zero attached hydrogens (tertiary/aromatic N) is 1. The molecular weight excluding hydrogens is 306 g/mol. The number of rotatable bonds is 2. The lowest BCUT2D eigenvalue weighted by atomic mass is 10.1. The third-order valence-corrected chi connectivity index (χ3v) is 3.52. The number of phenols is 1. The summed E-state index contributed by atoms with van der Waals surface area (Å²) >= 11 is 0. The van der Waals surface area contributed by atoms with Gasteiger partial charge in [0.2, 0.25) is 5.55 Å². The summed E-state index contributed by atoms with van der Waals surface area (Å²) in [4.78, 5) is 11.9. The van der Waals surface area contributed by atoms with Crippen molar-refractivity contribution in [1.29, 1.82) is 0 Å². The number of carbonyl (C=O) groups excluding carboxylic acids is 1. The second kappa shape index (κ2) is 6.45. The van der Waals surface area contributed by atoms with Crippen LogP contribution in [-0.2, 0) is 0 Å². The highest BCUT2D eigenvalue weighted by molar-refractivity contribution is 5.88. The number of benzene rings is 2. The third kappa shape index (κ3) is 3.55. The maximum atomic E-state index is 11.9. The molecule has 0 spiro atoms. The highest BCUT2D eigenvalue weighted by Crippen LogP contribution is 2.20. The molecule has 0 bridgehead atoms.